The van der Waals surface area contributed by atoms with Gasteiger partial charge in [-0.3, -0.25) is 9.59 Å². The van der Waals surface area contributed by atoms with Crippen LogP contribution in [0.5, 0.6) is 0 Å². The van der Waals surface area contributed by atoms with Gasteiger partial charge in [0.15, 0.2) is 0 Å². The molecule has 17 heavy (non-hydrogen) atoms. The molecule has 1 aliphatic carbocycles. The van der Waals surface area contributed by atoms with Crippen molar-refractivity contribution in [2.45, 2.75) is 38.5 Å². The summed E-state index contributed by atoms with van der Waals surface area (Å²) in [6.45, 7) is 0.886. The minimum absolute atomic E-state index is 0.0782. The van der Waals surface area contributed by atoms with Crippen LogP contribution in [0, 0.1) is 5.41 Å². The number of hydrogen-bond donors (Lipinski definition) is 3. The number of carboxylic acid groups (broad SMARTS) is 1. The van der Waals surface area contributed by atoms with Gasteiger partial charge in [-0.25, -0.2) is 0 Å². The molecule has 0 aromatic heterocycles. The minimum atomic E-state index is -0.772. The Balaban J connectivity index is 2.44. The van der Waals surface area contributed by atoms with Gasteiger partial charge in [-0.2, -0.15) is 0 Å². The first-order valence-electron chi connectivity index (χ1n) is 6.25. The van der Waals surface area contributed by atoms with Gasteiger partial charge in [0.1, 0.15) is 0 Å². The predicted molar refractivity (Wildman–Crippen MR) is 64.7 cm³/mol. The second-order valence-electron chi connectivity index (χ2n) is 4.78. The molecule has 98 valence electrons. The molecule has 0 saturated heterocycles. The highest BCUT2D eigenvalue weighted by Gasteiger charge is 2.39. The Bertz CT molecular complexity index is 273. The van der Waals surface area contributed by atoms with Crippen molar-refractivity contribution >= 4 is 11.9 Å². The predicted octanol–water partition coefficient (Wildman–Crippen LogP) is 0.747. The highest BCUT2D eigenvalue weighted by molar-refractivity contribution is 5.79. The molecule has 0 aliphatic heterocycles. The molecule has 0 aromatic rings. The average Bonchev–Trinajstić information content (AvgIpc) is 2.34. The van der Waals surface area contributed by atoms with Crippen molar-refractivity contribution in [3.05, 3.63) is 0 Å². The van der Waals surface area contributed by atoms with Crippen molar-refractivity contribution in [2.75, 3.05) is 20.1 Å². The Labute approximate surface area is 102 Å². The van der Waals surface area contributed by atoms with E-state index in [4.69, 9.17) is 0 Å². The van der Waals surface area contributed by atoms with E-state index in [1.165, 1.54) is 0 Å². The lowest BCUT2D eigenvalue weighted by atomic mass is 9.74. The van der Waals surface area contributed by atoms with Crippen LogP contribution in [0.15, 0.2) is 0 Å². The van der Waals surface area contributed by atoms with E-state index in [1.54, 1.807) is 7.05 Å². The van der Waals surface area contributed by atoms with Crippen molar-refractivity contribution in [1.82, 2.24) is 10.6 Å². The smallest absolute Gasteiger partial charge is 0.311 e. The maximum atomic E-state index is 11.5. The summed E-state index contributed by atoms with van der Waals surface area (Å²) in [4.78, 5) is 22.8. The zero-order valence-corrected chi connectivity index (χ0v) is 10.4. The average molecular weight is 242 g/mol. The van der Waals surface area contributed by atoms with E-state index in [-0.39, 0.29) is 12.5 Å². The quantitative estimate of drug-likeness (QED) is 0.642. The lowest BCUT2D eigenvalue weighted by molar-refractivity contribution is -0.151. The lowest BCUT2D eigenvalue weighted by Crippen LogP contribution is -2.44. The summed E-state index contributed by atoms with van der Waals surface area (Å²) in [7, 11) is 1.78. The summed E-state index contributed by atoms with van der Waals surface area (Å²) in [5.74, 6) is -0.850. The van der Waals surface area contributed by atoms with E-state index in [0.717, 1.165) is 19.3 Å². The van der Waals surface area contributed by atoms with Crippen LogP contribution in [-0.2, 0) is 9.59 Å². The summed E-state index contributed by atoms with van der Waals surface area (Å²) in [6.07, 6.45) is 4.73. The summed E-state index contributed by atoms with van der Waals surface area (Å²) in [6, 6.07) is 0. The molecule has 1 rings (SSSR count). The number of carbonyl (C=O) groups is 2. The van der Waals surface area contributed by atoms with Crippen LogP contribution in [0.4, 0.5) is 0 Å². The number of nitrogens with one attached hydrogen (secondary N) is 2. The van der Waals surface area contributed by atoms with Crippen molar-refractivity contribution in [3.63, 3.8) is 0 Å². The van der Waals surface area contributed by atoms with E-state index in [9.17, 15) is 14.7 Å². The van der Waals surface area contributed by atoms with Crippen LogP contribution >= 0.6 is 0 Å². The third kappa shape index (κ3) is 4.00. The third-order valence-corrected chi connectivity index (χ3v) is 3.49. The molecular formula is C12H22N2O3. The number of rotatable bonds is 6. The number of hydrogen-bond acceptors (Lipinski definition) is 3. The largest absolute Gasteiger partial charge is 0.481 e. The van der Waals surface area contributed by atoms with Gasteiger partial charge < -0.3 is 15.7 Å². The molecule has 1 aliphatic rings. The van der Waals surface area contributed by atoms with E-state index in [1.807, 2.05) is 0 Å². The van der Waals surface area contributed by atoms with Crippen LogP contribution in [0.1, 0.15) is 38.5 Å². The first kappa shape index (κ1) is 14.0. The Hall–Kier alpha value is -1.10. The Kier molecular flexibility index (Phi) is 5.41. The van der Waals surface area contributed by atoms with Crippen molar-refractivity contribution in [2.24, 2.45) is 5.41 Å². The molecule has 0 heterocycles. The fraction of sp³-hybridized carbons (Fsp3) is 0.833. The molecule has 0 atom stereocenters. The maximum Gasteiger partial charge on any atom is 0.311 e. The van der Waals surface area contributed by atoms with Crippen molar-refractivity contribution < 1.29 is 14.7 Å². The molecule has 1 fully saturated rings. The van der Waals surface area contributed by atoms with Crippen molar-refractivity contribution in [1.29, 1.82) is 0 Å². The van der Waals surface area contributed by atoms with E-state index >= 15 is 0 Å². The molecule has 0 radical (unpaired) electrons. The summed E-state index contributed by atoms with van der Waals surface area (Å²) >= 11 is 0. The first-order chi connectivity index (χ1) is 8.10. The molecule has 0 aromatic carbocycles. The molecule has 5 nitrogen and oxygen atoms in total. The van der Waals surface area contributed by atoms with Gasteiger partial charge in [0, 0.05) is 19.5 Å². The Morgan fingerprint density at radius 2 is 1.88 bits per heavy atom. The summed E-state index contributed by atoms with van der Waals surface area (Å²) in [5, 5.41) is 15.0. The molecule has 0 spiro atoms. The first-order valence-corrected chi connectivity index (χ1v) is 6.25. The third-order valence-electron chi connectivity index (χ3n) is 3.49. The van der Waals surface area contributed by atoms with E-state index < -0.39 is 11.4 Å². The molecular weight excluding hydrogens is 220 g/mol. The van der Waals surface area contributed by atoms with Crippen LogP contribution < -0.4 is 10.6 Å². The summed E-state index contributed by atoms with van der Waals surface area (Å²) in [5.41, 5.74) is -0.729. The monoisotopic (exact) mass is 242 g/mol. The molecule has 1 amide bonds. The fourth-order valence-corrected chi connectivity index (χ4v) is 2.29. The van der Waals surface area contributed by atoms with E-state index in [0.29, 0.717) is 25.8 Å². The second kappa shape index (κ2) is 6.59. The maximum absolute atomic E-state index is 11.5. The van der Waals surface area contributed by atoms with Gasteiger partial charge in [0.2, 0.25) is 5.91 Å². The van der Waals surface area contributed by atoms with Gasteiger partial charge in [-0.15, -0.1) is 0 Å². The van der Waals surface area contributed by atoms with Crippen LogP contribution in [0.2, 0.25) is 0 Å². The Morgan fingerprint density at radius 1 is 1.24 bits per heavy atom. The van der Waals surface area contributed by atoms with Crippen LogP contribution in [0.25, 0.3) is 0 Å². The topological polar surface area (TPSA) is 78.4 Å². The van der Waals surface area contributed by atoms with Gasteiger partial charge in [-0.05, 0) is 19.9 Å². The number of amides is 1. The normalized spacial score (nSPS) is 18.6. The van der Waals surface area contributed by atoms with Crippen LogP contribution in [0.3, 0.4) is 0 Å². The molecule has 0 bridgehead atoms. The molecule has 5 heteroatoms. The molecule has 0 unspecified atom stereocenters. The minimum Gasteiger partial charge on any atom is -0.481 e. The summed E-state index contributed by atoms with van der Waals surface area (Å²) < 4.78 is 0. The zero-order valence-electron chi connectivity index (χ0n) is 10.4. The lowest BCUT2D eigenvalue weighted by Gasteiger charge is -2.33. The SMILES string of the molecule is CNCCC(=O)NCC1(C(=O)O)CCCCC1. The number of carbonyl (C=O) groups excluding carboxylic acids is 1. The zero-order chi connectivity index (χ0) is 12.7. The van der Waals surface area contributed by atoms with Crippen LogP contribution in [-0.4, -0.2) is 37.1 Å². The Morgan fingerprint density at radius 3 is 2.41 bits per heavy atom. The number of aliphatic carboxylic acids is 1. The molecule has 1 saturated carbocycles. The molecule has 3 N–H and O–H groups in total. The van der Waals surface area contributed by atoms with Gasteiger partial charge in [0.05, 0.1) is 5.41 Å². The standard InChI is InChI=1S/C12H22N2O3/c1-13-8-5-10(15)14-9-12(11(16)17)6-3-2-4-7-12/h13H,2-9H2,1H3,(H,14,15)(H,16,17). The second-order valence-corrected chi connectivity index (χ2v) is 4.78. The van der Waals surface area contributed by atoms with E-state index in [2.05, 4.69) is 10.6 Å². The van der Waals surface area contributed by atoms with Gasteiger partial charge >= 0.3 is 5.97 Å². The van der Waals surface area contributed by atoms with Gasteiger partial charge in [-0.1, -0.05) is 19.3 Å². The van der Waals surface area contributed by atoms with Gasteiger partial charge in [0.25, 0.3) is 0 Å². The number of carboxylic acids is 1. The fourth-order valence-electron chi connectivity index (χ4n) is 2.29. The van der Waals surface area contributed by atoms with Crippen molar-refractivity contribution in [3.8, 4) is 0 Å². The highest BCUT2D eigenvalue weighted by atomic mass is 16.4. The highest BCUT2D eigenvalue weighted by Crippen LogP contribution is 2.35.